The van der Waals surface area contributed by atoms with Crippen LogP contribution in [0.1, 0.15) is 17.2 Å². The molecule has 1 heterocycles. The molecule has 1 fully saturated rings. The molecule has 1 aliphatic rings. The fraction of sp³-hybridized carbons (Fsp3) is 0.300. The highest BCUT2D eigenvalue weighted by Gasteiger charge is 2.30. The number of nitrogens with zero attached hydrogens (tertiary/aromatic N) is 2. The number of anilines is 1. The Morgan fingerprint density at radius 1 is 1.00 bits per heavy atom. The third kappa shape index (κ3) is 4.21. The first kappa shape index (κ1) is 17.9. The van der Waals surface area contributed by atoms with Crippen molar-refractivity contribution in [2.24, 2.45) is 5.73 Å². The molecule has 0 aliphatic carbocycles. The molecule has 6 nitrogen and oxygen atoms in total. The van der Waals surface area contributed by atoms with Gasteiger partial charge < -0.3 is 16.0 Å². The lowest BCUT2D eigenvalue weighted by Crippen LogP contribution is -2.52. The molecule has 1 aliphatic heterocycles. The average molecular weight is 352 g/mol. The van der Waals surface area contributed by atoms with Crippen molar-refractivity contribution in [3.8, 4) is 0 Å². The molecule has 0 spiro atoms. The van der Waals surface area contributed by atoms with E-state index in [1.165, 1.54) is 0 Å². The Kier molecular flexibility index (Phi) is 5.53. The van der Waals surface area contributed by atoms with Crippen LogP contribution in [0.15, 0.2) is 54.6 Å². The summed E-state index contributed by atoms with van der Waals surface area (Å²) in [7, 11) is 0. The minimum Gasteiger partial charge on any atom is -0.368 e. The van der Waals surface area contributed by atoms with Gasteiger partial charge in [-0.15, -0.1) is 0 Å². The van der Waals surface area contributed by atoms with Crippen LogP contribution in [0.4, 0.5) is 10.5 Å². The SMILES string of the molecule is Cc1cccc(NC(=O)N2CCN(C(C(N)=O)c3ccccc3)CC2)c1. The van der Waals surface area contributed by atoms with Crippen molar-refractivity contribution in [3.05, 3.63) is 65.7 Å². The fourth-order valence-electron chi connectivity index (χ4n) is 3.30. The van der Waals surface area contributed by atoms with Crippen LogP contribution >= 0.6 is 0 Å². The van der Waals surface area contributed by atoms with Gasteiger partial charge in [0.1, 0.15) is 6.04 Å². The first-order chi connectivity index (χ1) is 12.5. The van der Waals surface area contributed by atoms with Crippen molar-refractivity contribution in [3.63, 3.8) is 0 Å². The van der Waals surface area contributed by atoms with E-state index in [0.717, 1.165) is 16.8 Å². The van der Waals surface area contributed by atoms with Crippen LogP contribution in [0, 0.1) is 6.92 Å². The van der Waals surface area contributed by atoms with E-state index in [-0.39, 0.29) is 11.9 Å². The van der Waals surface area contributed by atoms with E-state index in [2.05, 4.69) is 5.32 Å². The Balaban J connectivity index is 1.61. The van der Waals surface area contributed by atoms with Gasteiger partial charge in [-0.1, -0.05) is 42.5 Å². The van der Waals surface area contributed by atoms with Crippen molar-refractivity contribution >= 4 is 17.6 Å². The third-order valence-electron chi connectivity index (χ3n) is 4.62. The standard InChI is InChI=1S/C20H24N4O2/c1-15-6-5-9-17(14-15)22-20(26)24-12-10-23(11-13-24)18(19(21)25)16-7-3-2-4-8-16/h2-9,14,18H,10-13H2,1H3,(H2,21,25)(H,22,26). The van der Waals surface area contributed by atoms with Crippen molar-refractivity contribution in [2.75, 3.05) is 31.5 Å². The molecule has 1 unspecified atom stereocenters. The summed E-state index contributed by atoms with van der Waals surface area (Å²) in [6.45, 7) is 4.29. The summed E-state index contributed by atoms with van der Waals surface area (Å²) in [6, 6.07) is 16.7. The van der Waals surface area contributed by atoms with Crippen LogP contribution < -0.4 is 11.1 Å². The zero-order valence-electron chi connectivity index (χ0n) is 14.9. The Morgan fingerprint density at radius 3 is 2.31 bits per heavy atom. The molecular formula is C20H24N4O2. The number of amides is 3. The second-order valence-electron chi connectivity index (χ2n) is 6.54. The second-order valence-corrected chi connectivity index (χ2v) is 6.54. The van der Waals surface area contributed by atoms with Gasteiger partial charge in [-0.3, -0.25) is 9.69 Å². The van der Waals surface area contributed by atoms with Gasteiger partial charge >= 0.3 is 6.03 Å². The number of primary amides is 1. The first-order valence-electron chi connectivity index (χ1n) is 8.75. The number of rotatable bonds is 4. The predicted octanol–water partition coefficient (Wildman–Crippen LogP) is 2.37. The molecule has 3 N–H and O–H groups in total. The van der Waals surface area contributed by atoms with Crippen LogP contribution in [0.2, 0.25) is 0 Å². The molecular weight excluding hydrogens is 328 g/mol. The van der Waals surface area contributed by atoms with Crippen LogP contribution in [0.5, 0.6) is 0 Å². The lowest BCUT2D eigenvalue weighted by atomic mass is 10.0. The number of piperazine rings is 1. The van der Waals surface area contributed by atoms with E-state index in [1.54, 1.807) is 4.90 Å². The summed E-state index contributed by atoms with van der Waals surface area (Å²) in [4.78, 5) is 28.2. The Morgan fingerprint density at radius 2 is 1.69 bits per heavy atom. The first-order valence-corrected chi connectivity index (χ1v) is 8.75. The molecule has 1 atom stereocenters. The number of hydrogen-bond donors (Lipinski definition) is 2. The normalized spacial score (nSPS) is 16.1. The van der Waals surface area contributed by atoms with E-state index in [4.69, 9.17) is 5.73 Å². The average Bonchev–Trinajstić information content (AvgIpc) is 2.63. The number of aryl methyl sites for hydroxylation is 1. The minimum absolute atomic E-state index is 0.120. The van der Waals surface area contributed by atoms with Gasteiger partial charge in [0.05, 0.1) is 0 Å². The van der Waals surface area contributed by atoms with E-state index < -0.39 is 6.04 Å². The molecule has 0 aromatic heterocycles. The quantitative estimate of drug-likeness (QED) is 0.887. The maximum atomic E-state index is 12.5. The van der Waals surface area contributed by atoms with E-state index in [1.807, 2.05) is 66.4 Å². The zero-order valence-corrected chi connectivity index (χ0v) is 14.9. The molecule has 0 radical (unpaired) electrons. The van der Waals surface area contributed by atoms with Gasteiger partial charge in [0.2, 0.25) is 5.91 Å². The lowest BCUT2D eigenvalue weighted by Gasteiger charge is -2.38. The van der Waals surface area contributed by atoms with Gasteiger partial charge in [-0.2, -0.15) is 0 Å². The second kappa shape index (κ2) is 8.01. The van der Waals surface area contributed by atoms with E-state index >= 15 is 0 Å². The Hall–Kier alpha value is -2.86. The number of benzene rings is 2. The highest BCUT2D eigenvalue weighted by atomic mass is 16.2. The molecule has 2 aromatic carbocycles. The summed E-state index contributed by atoms with van der Waals surface area (Å²) >= 11 is 0. The zero-order chi connectivity index (χ0) is 18.5. The molecule has 0 bridgehead atoms. The fourth-order valence-corrected chi connectivity index (χ4v) is 3.30. The monoisotopic (exact) mass is 352 g/mol. The van der Waals surface area contributed by atoms with E-state index in [0.29, 0.717) is 26.2 Å². The summed E-state index contributed by atoms with van der Waals surface area (Å²) in [5.41, 5.74) is 8.41. The van der Waals surface area contributed by atoms with E-state index in [9.17, 15) is 9.59 Å². The van der Waals surface area contributed by atoms with Crippen LogP contribution in [-0.4, -0.2) is 47.9 Å². The van der Waals surface area contributed by atoms with Gasteiger partial charge in [0, 0.05) is 31.9 Å². The highest BCUT2D eigenvalue weighted by molar-refractivity contribution is 5.89. The third-order valence-corrected chi connectivity index (χ3v) is 4.62. The van der Waals surface area contributed by atoms with Crippen molar-refractivity contribution in [1.82, 2.24) is 9.80 Å². The number of hydrogen-bond acceptors (Lipinski definition) is 3. The molecule has 2 aromatic rings. The largest absolute Gasteiger partial charge is 0.368 e. The molecule has 1 saturated heterocycles. The molecule has 3 amide bonds. The van der Waals surface area contributed by atoms with Gasteiger partial charge in [-0.25, -0.2) is 4.79 Å². The lowest BCUT2D eigenvalue weighted by molar-refractivity contribution is -0.124. The molecule has 26 heavy (non-hydrogen) atoms. The van der Waals surface area contributed by atoms with Crippen molar-refractivity contribution in [1.29, 1.82) is 0 Å². The molecule has 3 rings (SSSR count). The summed E-state index contributed by atoms with van der Waals surface area (Å²) < 4.78 is 0. The smallest absolute Gasteiger partial charge is 0.321 e. The van der Waals surface area contributed by atoms with Crippen molar-refractivity contribution < 1.29 is 9.59 Å². The number of nitrogens with two attached hydrogens (primary N) is 1. The number of urea groups is 1. The van der Waals surface area contributed by atoms with Gasteiger partial charge in [0.15, 0.2) is 0 Å². The summed E-state index contributed by atoms with van der Waals surface area (Å²) in [6.07, 6.45) is 0. The molecule has 0 saturated carbocycles. The predicted molar refractivity (Wildman–Crippen MR) is 102 cm³/mol. The number of carbonyl (C=O) groups excluding carboxylic acids is 2. The van der Waals surface area contributed by atoms with Gasteiger partial charge in [-0.05, 0) is 30.2 Å². The van der Waals surface area contributed by atoms with Crippen LogP contribution in [0.25, 0.3) is 0 Å². The molecule has 136 valence electrons. The Labute approximate surface area is 153 Å². The summed E-state index contributed by atoms with van der Waals surface area (Å²) in [5.74, 6) is -0.367. The maximum Gasteiger partial charge on any atom is 0.321 e. The van der Waals surface area contributed by atoms with Crippen LogP contribution in [-0.2, 0) is 4.79 Å². The summed E-state index contributed by atoms with van der Waals surface area (Å²) in [5, 5.41) is 2.93. The number of carbonyl (C=O) groups is 2. The maximum absolute atomic E-state index is 12.5. The highest BCUT2D eigenvalue weighted by Crippen LogP contribution is 2.22. The van der Waals surface area contributed by atoms with Crippen molar-refractivity contribution in [2.45, 2.75) is 13.0 Å². The Bertz CT molecular complexity index is 770. The van der Waals surface area contributed by atoms with Crippen LogP contribution in [0.3, 0.4) is 0 Å². The topological polar surface area (TPSA) is 78.7 Å². The molecule has 6 heteroatoms. The number of nitrogens with one attached hydrogen (secondary N) is 1. The van der Waals surface area contributed by atoms with Gasteiger partial charge in [0.25, 0.3) is 0 Å². The minimum atomic E-state index is -0.460.